The van der Waals surface area contributed by atoms with E-state index in [1.807, 2.05) is 6.07 Å². The second kappa shape index (κ2) is 4.41. The molecule has 0 spiro atoms. The molecular weight excluding hydrogens is 244 g/mol. The predicted octanol–water partition coefficient (Wildman–Crippen LogP) is 1.92. The van der Waals surface area contributed by atoms with Crippen molar-refractivity contribution in [2.24, 2.45) is 0 Å². The molecule has 3 rings (SSSR count). The van der Waals surface area contributed by atoms with Gasteiger partial charge in [0.1, 0.15) is 0 Å². The van der Waals surface area contributed by atoms with Gasteiger partial charge < -0.3 is 10.4 Å². The van der Waals surface area contributed by atoms with Crippen LogP contribution in [0, 0.1) is 0 Å². The maximum absolute atomic E-state index is 12.2. The van der Waals surface area contributed by atoms with Crippen molar-refractivity contribution in [3.8, 4) is 5.75 Å². The molecule has 0 saturated carbocycles. The van der Waals surface area contributed by atoms with Gasteiger partial charge in [0.2, 0.25) is 0 Å². The number of hydrogen-bond donors (Lipinski definition) is 3. The van der Waals surface area contributed by atoms with E-state index in [9.17, 15) is 9.90 Å². The maximum atomic E-state index is 12.2. The molecule has 1 aromatic carbocycles. The van der Waals surface area contributed by atoms with Crippen LogP contribution in [-0.4, -0.2) is 26.2 Å². The minimum Gasteiger partial charge on any atom is -0.504 e. The maximum Gasteiger partial charge on any atom is 0.257 e. The fraction of sp³-hybridized carbons (Fsp3) is 0. The monoisotopic (exact) mass is 254 g/mol. The fourth-order valence-corrected chi connectivity index (χ4v) is 1.84. The number of anilines is 1. The minimum absolute atomic E-state index is 0.0763. The molecular formula is C13H10N4O2. The van der Waals surface area contributed by atoms with E-state index in [1.54, 1.807) is 18.3 Å². The molecule has 6 nitrogen and oxygen atoms in total. The van der Waals surface area contributed by atoms with Crippen molar-refractivity contribution in [3.63, 3.8) is 0 Å². The molecule has 0 fully saturated rings. The number of pyridine rings is 1. The third-order valence-corrected chi connectivity index (χ3v) is 2.77. The van der Waals surface area contributed by atoms with Gasteiger partial charge in [0.15, 0.2) is 5.75 Å². The lowest BCUT2D eigenvalue weighted by Crippen LogP contribution is -2.12. The van der Waals surface area contributed by atoms with Crippen LogP contribution in [0.2, 0.25) is 0 Å². The van der Waals surface area contributed by atoms with E-state index in [0.717, 1.165) is 5.39 Å². The van der Waals surface area contributed by atoms with Crippen molar-refractivity contribution >= 4 is 22.5 Å². The molecule has 0 saturated heterocycles. The summed E-state index contributed by atoms with van der Waals surface area (Å²) in [5, 5.41) is 19.8. The van der Waals surface area contributed by atoms with Crippen LogP contribution >= 0.6 is 0 Å². The predicted molar refractivity (Wildman–Crippen MR) is 69.9 cm³/mol. The Bertz CT molecular complexity index is 751. The molecule has 19 heavy (non-hydrogen) atoms. The number of aromatic amines is 1. The quantitative estimate of drug-likeness (QED) is 0.651. The average Bonchev–Trinajstić information content (AvgIpc) is 2.89. The highest BCUT2D eigenvalue weighted by molar-refractivity contribution is 6.12. The molecule has 0 radical (unpaired) electrons. The van der Waals surface area contributed by atoms with E-state index in [4.69, 9.17) is 0 Å². The van der Waals surface area contributed by atoms with Crippen LogP contribution in [0.5, 0.6) is 5.75 Å². The lowest BCUT2D eigenvalue weighted by atomic mass is 10.1. The van der Waals surface area contributed by atoms with E-state index < -0.39 is 0 Å². The molecule has 2 heterocycles. The van der Waals surface area contributed by atoms with Gasteiger partial charge in [-0.25, -0.2) is 0 Å². The van der Waals surface area contributed by atoms with Crippen LogP contribution in [0.25, 0.3) is 10.9 Å². The number of hydrogen-bond acceptors (Lipinski definition) is 4. The lowest BCUT2D eigenvalue weighted by Gasteiger charge is -2.07. The zero-order valence-corrected chi connectivity index (χ0v) is 9.79. The molecule has 6 heteroatoms. The van der Waals surface area contributed by atoms with Crippen molar-refractivity contribution in [3.05, 3.63) is 48.4 Å². The Labute approximate surface area is 108 Å². The zero-order valence-electron chi connectivity index (χ0n) is 9.79. The first kappa shape index (κ1) is 11.2. The van der Waals surface area contributed by atoms with Gasteiger partial charge in [-0.15, -0.1) is 0 Å². The molecule has 3 N–H and O–H groups in total. The van der Waals surface area contributed by atoms with Gasteiger partial charge in [-0.05, 0) is 12.1 Å². The third-order valence-electron chi connectivity index (χ3n) is 2.77. The van der Waals surface area contributed by atoms with Gasteiger partial charge in [0.25, 0.3) is 5.91 Å². The number of benzene rings is 1. The Kier molecular flexibility index (Phi) is 2.60. The van der Waals surface area contributed by atoms with Gasteiger partial charge in [0.05, 0.1) is 29.2 Å². The van der Waals surface area contributed by atoms with Crippen LogP contribution in [0.4, 0.5) is 5.69 Å². The molecule has 0 aliphatic rings. The standard InChI is InChI=1S/C13H10N4O2/c18-11-7-14-5-4-10(11)16-13(19)9-3-1-2-8-6-15-17-12(8)9/h1-7,18H,(H,15,17)(H,14,16,19). The van der Waals surface area contributed by atoms with Gasteiger partial charge in [-0.2, -0.15) is 5.10 Å². The summed E-state index contributed by atoms with van der Waals surface area (Å²) in [7, 11) is 0. The SMILES string of the molecule is O=C(Nc1ccncc1O)c1cccc2cn[nH]c12. The van der Waals surface area contributed by atoms with Crippen molar-refractivity contribution in [1.82, 2.24) is 15.2 Å². The number of rotatable bonds is 2. The summed E-state index contributed by atoms with van der Waals surface area (Å²) in [6.07, 6.45) is 4.41. The molecule has 0 atom stereocenters. The van der Waals surface area contributed by atoms with Gasteiger partial charge in [0, 0.05) is 11.6 Å². The summed E-state index contributed by atoms with van der Waals surface area (Å²) >= 11 is 0. The van der Waals surface area contributed by atoms with Crippen LogP contribution in [0.15, 0.2) is 42.9 Å². The number of H-pyrrole nitrogens is 1. The highest BCUT2D eigenvalue weighted by Gasteiger charge is 2.12. The Hall–Kier alpha value is -2.89. The van der Waals surface area contributed by atoms with E-state index in [0.29, 0.717) is 16.8 Å². The van der Waals surface area contributed by atoms with Crippen LogP contribution < -0.4 is 5.32 Å². The number of aromatic hydroxyl groups is 1. The second-order valence-electron chi connectivity index (χ2n) is 3.99. The summed E-state index contributed by atoms with van der Waals surface area (Å²) in [6, 6.07) is 6.85. The number of aromatic nitrogens is 3. The fourth-order valence-electron chi connectivity index (χ4n) is 1.84. The number of fused-ring (bicyclic) bond motifs is 1. The first-order valence-corrected chi connectivity index (χ1v) is 5.62. The Morgan fingerprint density at radius 3 is 3.00 bits per heavy atom. The van der Waals surface area contributed by atoms with Crippen molar-refractivity contribution in [2.75, 3.05) is 5.32 Å². The Morgan fingerprint density at radius 2 is 2.16 bits per heavy atom. The molecule has 0 aliphatic heterocycles. The molecule has 1 amide bonds. The highest BCUT2D eigenvalue weighted by Crippen LogP contribution is 2.22. The largest absolute Gasteiger partial charge is 0.504 e. The van der Waals surface area contributed by atoms with E-state index in [2.05, 4.69) is 20.5 Å². The number of carbonyl (C=O) groups excluding carboxylic acids is 1. The molecule has 2 aromatic heterocycles. The lowest BCUT2D eigenvalue weighted by molar-refractivity contribution is 0.102. The minimum atomic E-state index is -0.323. The summed E-state index contributed by atoms with van der Waals surface area (Å²) < 4.78 is 0. The van der Waals surface area contributed by atoms with E-state index >= 15 is 0 Å². The average molecular weight is 254 g/mol. The summed E-state index contributed by atoms with van der Waals surface area (Å²) in [5.41, 5.74) is 1.44. The Balaban J connectivity index is 1.97. The third kappa shape index (κ3) is 1.99. The molecule has 0 unspecified atom stereocenters. The van der Waals surface area contributed by atoms with Gasteiger partial charge in [-0.1, -0.05) is 12.1 Å². The molecule has 94 valence electrons. The zero-order chi connectivity index (χ0) is 13.2. The first-order chi connectivity index (χ1) is 9.25. The van der Waals surface area contributed by atoms with E-state index in [1.165, 1.54) is 18.5 Å². The number of carbonyl (C=O) groups is 1. The highest BCUT2D eigenvalue weighted by atomic mass is 16.3. The number of para-hydroxylation sites is 1. The van der Waals surface area contributed by atoms with E-state index in [-0.39, 0.29) is 11.7 Å². The number of amides is 1. The van der Waals surface area contributed by atoms with Gasteiger partial charge in [-0.3, -0.25) is 14.9 Å². The first-order valence-electron chi connectivity index (χ1n) is 5.62. The summed E-state index contributed by atoms with van der Waals surface area (Å²) in [5.74, 6) is -0.399. The normalized spacial score (nSPS) is 10.5. The van der Waals surface area contributed by atoms with Gasteiger partial charge >= 0.3 is 0 Å². The van der Waals surface area contributed by atoms with Crippen molar-refractivity contribution < 1.29 is 9.90 Å². The Morgan fingerprint density at radius 1 is 1.26 bits per heavy atom. The van der Waals surface area contributed by atoms with Crippen LogP contribution in [-0.2, 0) is 0 Å². The van der Waals surface area contributed by atoms with Crippen LogP contribution in [0.1, 0.15) is 10.4 Å². The van der Waals surface area contributed by atoms with Crippen molar-refractivity contribution in [1.29, 1.82) is 0 Å². The van der Waals surface area contributed by atoms with Crippen LogP contribution in [0.3, 0.4) is 0 Å². The molecule has 0 aliphatic carbocycles. The summed E-state index contributed by atoms with van der Waals surface area (Å²) in [6.45, 7) is 0. The van der Waals surface area contributed by atoms with Crippen molar-refractivity contribution in [2.45, 2.75) is 0 Å². The molecule has 3 aromatic rings. The topological polar surface area (TPSA) is 90.9 Å². The smallest absolute Gasteiger partial charge is 0.257 e. The second-order valence-corrected chi connectivity index (χ2v) is 3.99. The number of nitrogens with zero attached hydrogens (tertiary/aromatic N) is 2. The number of nitrogens with one attached hydrogen (secondary N) is 2. The molecule has 0 bridgehead atoms. The summed E-state index contributed by atoms with van der Waals surface area (Å²) in [4.78, 5) is 15.9.